The van der Waals surface area contributed by atoms with Crippen molar-refractivity contribution in [3.8, 4) is 0 Å². The van der Waals surface area contributed by atoms with Gasteiger partial charge in [-0.3, -0.25) is 4.79 Å². The summed E-state index contributed by atoms with van der Waals surface area (Å²) >= 11 is 5.84. The summed E-state index contributed by atoms with van der Waals surface area (Å²) in [5, 5.41) is 0.336. The lowest BCUT2D eigenvalue weighted by Crippen LogP contribution is -2.35. The molecule has 162 valence electrons. The molecule has 0 amide bonds. The van der Waals surface area contributed by atoms with Crippen molar-refractivity contribution in [1.29, 1.82) is 0 Å². The van der Waals surface area contributed by atoms with E-state index >= 15 is 0 Å². The van der Waals surface area contributed by atoms with E-state index in [-0.39, 0.29) is 15.4 Å². The van der Waals surface area contributed by atoms with Gasteiger partial charge in [0, 0.05) is 10.6 Å². The molecular weight excluding hydrogens is 460 g/mol. The summed E-state index contributed by atoms with van der Waals surface area (Å²) in [5.41, 5.74) is -0.750. The summed E-state index contributed by atoms with van der Waals surface area (Å²) in [4.78, 5) is 12.6. The van der Waals surface area contributed by atoms with Crippen molar-refractivity contribution < 1.29 is 25.8 Å². The van der Waals surface area contributed by atoms with E-state index < -0.39 is 31.2 Å². The number of hydrogen-bond donors (Lipinski definition) is 0. The van der Waals surface area contributed by atoms with Gasteiger partial charge in [0.1, 0.15) is 0 Å². The molecule has 0 aromatic heterocycles. The van der Waals surface area contributed by atoms with Gasteiger partial charge in [-0.15, -0.1) is 0 Å². The first kappa shape index (κ1) is 23.1. The lowest BCUT2D eigenvalue weighted by Gasteiger charge is -2.18. The maximum atomic E-state index is 13.3. The summed E-state index contributed by atoms with van der Waals surface area (Å²) in [6, 6.07) is 16.8. The van der Waals surface area contributed by atoms with Crippen molar-refractivity contribution in [3.63, 3.8) is 0 Å². The quantitative estimate of drug-likeness (QED) is 0.370. The van der Waals surface area contributed by atoms with E-state index in [1.807, 2.05) is 0 Å². The summed E-state index contributed by atoms with van der Waals surface area (Å²) < 4.78 is 57.2. The molecule has 1 unspecified atom stereocenters. The molecule has 0 N–H and O–H groups in total. The van der Waals surface area contributed by atoms with E-state index in [0.717, 1.165) is 11.1 Å². The van der Waals surface area contributed by atoms with Crippen LogP contribution in [0.15, 0.2) is 82.6 Å². The van der Waals surface area contributed by atoms with Crippen LogP contribution in [0.25, 0.3) is 0 Å². The van der Waals surface area contributed by atoms with Crippen molar-refractivity contribution in [3.05, 3.63) is 94.5 Å². The second kappa shape index (κ2) is 8.92. The molecule has 0 saturated carbocycles. The van der Waals surface area contributed by atoms with E-state index in [0.29, 0.717) is 5.02 Å². The predicted molar refractivity (Wildman–Crippen MR) is 117 cm³/mol. The highest BCUT2D eigenvalue weighted by Gasteiger charge is 2.40. The Labute approximate surface area is 186 Å². The number of carbonyl (C=O) groups is 1. The normalized spacial score (nSPS) is 13.0. The third kappa shape index (κ3) is 5.22. The Morgan fingerprint density at radius 2 is 1.19 bits per heavy atom. The minimum Gasteiger partial charge on any atom is -0.290 e. The molecule has 0 bridgehead atoms. The lowest BCUT2D eigenvalue weighted by atomic mass is 10.1. The Kier molecular flexibility index (Phi) is 6.66. The Morgan fingerprint density at radius 3 is 1.68 bits per heavy atom. The Hall–Kier alpha value is -2.52. The number of carbonyl (C=O) groups excluding carboxylic acids is 1. The summed E-state index contributed by atoms with van der Waals surface area (Å²) in [5.74, 6) is -1.02. The molecule has 0 fully saturated rings. The molecule has 31 heavy (non-hydrogen) atoms. The Bertz CT molecular complexity index is 1300. The minimum absolute atomic E-state index is 0.0517. The summed E-state index contributed by atoms with van der Waals surface area (Å²) in [6.07, 6.45) is 0. The maximum Gasteiger partial charge on any atom is 0.298 e. The van der Waals surface area contributed by atoms with Gasteiger partial charge in [0.2, 0.25) is 21.1 Å². The predicted octanol–water partition coefficient (Wildman–Crippen LogP) is 4.35. The van der Waals surface area contributed by atoms with Crippen LogP contribution in [-0.4, -0.2) is 28.1 Å². The molecule has 0 saturated heterocycles. The van der Waals surface area contributed by atoms with Gasteiger partial charge in [0.25, 0.3) is 10.1 Å². The second-order valence-corrected chi connectivity index (χ2v) is 10.9. The van der Waals surface area contributed by atoms with E-state index in [4.69, 9.17) is 15.8 Å². The molecule has 3 rings (SSSR count). The Balaban J connectivity index is 2.09. The SMILES string of the molecule is Cc1ccc(S(=O)(=O)OC(C(=O)c2ccc(Cl)cc2)S(=O)(=O)c2ccc(C)cc2)cc1. The molecule has 9 heteroatoms. The van der Waals surface area contributed by atoms with Gasteiger partial charge in [-0.1, -0.05) is 47.0 Å². The fraction of sp³-hybridized carbons (Fsp3) is 0.136. The van der Waals surface area contributed by atoms with Gasteiger partial charge in [-0.2, -0.15) is 8.42 Å². The molecule has 0 aliphatic rings. The first-order chi connectivity index (χ1) is 14.5. The van der Waals surface area contributed by atoms with Gasteiger partial charge in [-0.05, 0) is 62.4 Å². The first-order valence-corrected chi connectivity index (χ1v) is 12.4. The molecule has 6 nitrogen and oxygen atoms in total. The molecule has 3 aromatic rings. The van der Waals surface area contributed by atoms with Crippen LogP contribution in [0.2, 0.25) is 5.02 Å². The summed E-state index contributed by atoms with van der Waals surface area (Å²) in [6.45, 7) is 3.54. The molecule has 1 atom stereocenters. The van der Waals surface area contributed by atoms with Crippen LogP contribution in [0.5, 0.6) is 0 Å². The van der Waals surface area contributed by atoms with Gasteiger partial charge in [0.05, 0.1) is 9.79 Å². The molecule has 0 heterocycles. The first-order valence-electron chi connectivity index (χ1n) is 9.11. The monoisotopic (exact) mass is 478 g/mol. The van der Waals surface area contributed by atoms with Crippen LogP contribution >= 0.6 is 11.6 Å². The highest BCUT2D eigenvalue weighted by atomic mass is 35.5. The van der Waals surface area contributed by atoms with Crippen LogP contribution in [0.4, 0.5) is 0 Å². The van der Waals surface area contributed by atoms with Gasteiger partial charge in [0.15, 0.2) is 0 Å². The van der Waals surface area contributed by atoms with Crippen LogP contribution < -0.4 is 0 Å². The lowest BCUT2D eigenvalue weighted by molar-refractivity contribution is 0.0887. The molecular formula is C22H19ClO6S2. The second-order valence-electron chi connectivity index (χ2n) is 6.92. The topological polar surface area (TPSA) is 94.6 Å². The fourth-order valence-electron chi connectivity index (χ4n) is 2.71. The number of aryl methyl sites for hydroxylation is 2. The van der Waals surface area contributed by atoms with Crippen LogP contribution in [0, 0.1) is 13.8 Å². The smallest absolute Gasteiger partial charge is 0.290 e. The molecule has 0 spiro atoms. The number of halogens is 1. The number of benzene rings is 3. The zero-order valence-electron chi connectivity index (χ0n) is 16.6. The summed E-state index contributed by atoms with van der Waals surface area (Å²) in [7, 11) is -9.07. The Morgan fingerprint density at radius 1 is 0.742 bits per heavy atom. The van der Waals surface area contributed by atoms with Gasteiger partial charge >= 0.3 is 0 Å². The van der Waals surface area contributed by atoms with E-state index in [1.165, 1.54) is 48.5 Å². The molecule has 3 aromatic carbocycles. The van der Waals surface area contributed by atoms with E-state index in [1.54, 1.807) is 38.1 Å². The maximum absolute atomic E-state index is 13.3. The van der Waals surface area contributed by atoms with Crippen molar-refractivity contribution in [2.24, 2.45) is 0 Å². The third-order valence-corrected chi connectivity index (χ3v) is 7.97. The zero-order chi connectivity index (χ0) is 22.8. The van der Waals surface area contributed by atoms with Crippen LogP contribution in [0.1, 0.15) is 21.5 Å². The number of ketones is 1. The van der Waals surface area contributed by atoms with Crippen molar-refractivity contribution in [2.75, 3.05) is 0 Å². The van der Waals surface area contributed by atoms with Crippen molar-refractivity contribution in [2.45, 2.75) is 29.1 Å². The molecule has 0 aliphatic carbocycles. The average molecular weight is 479 g/mol. The van der Waals surface area contributed by atoms with Crippen molar-refractivity contribution in [1.82, 2.24) is 0 Å². The number of rotatable bonds is 7. The number of sulfone groups is 1. The van der Waals surface area contributed by atoms with Gasteiger partial charge in [-0.25, -0.2) is 12.6 Å². The minimum atomic E-state index is -4.56. The zero-order valence-corrected chi connectivity index (χ0v) is 19.0. The molecule has 0 aliphatic heterocycles. The largest absolute Gasteiger partial charge is 0.298 e. The van der Waals surface area contributed by atoms with Crippen molar-refractivity contribution >= 4 is 37.3 Å². The molecule has 0 radical (unpaired) electrons. The van der Waals surface area contributed by atoms with E-state index in [9.17, 15) is 21.6 Å². The third-order valence-electron chi connectivity index (χ3n) is 4.50. The van der Waals surface area contributed by atoms with Crippen LogP contribution in [0.3, 0.4) is 0 Å². The van der Waals surface area contributed by atoms with E-state index in [2.05, 4.69) is 0 Å². The number of hydrogen-bond acceptors (Lipinski definition) is 6. The fourth-order valence-corrected chi connectivity index (χ4v) is 5.64. The van der Waals surface area contributed by atoms with Crippen LogP contribution in [-0.2, 0) is 24.1 Å². The average Bonchev–Trinajstić information content (AvgIpc) is 2.73. The highest BCUT2D eigenvalue weighted by molar-refractivity contribution is 7.94. The highest BCUT2D eigenvalue weighted by Crippen LogP contribution is 2.26. The number of Topliss-reactive ketones (excluding diaryl/α,β-unsaturated/α-hetero) is 1. The van der Waals surface area contributed by atoms with Gasteiger partial charge < -0.3 is 0 Å². The standard InChI is InChI=1S/C22H19ClO6S2/c1-15-3-11-19(12-4-15)30(25,26)22(21(24)17-7-9-18(23)10-8-17)29-31(27,28)20-13-5-16(2)6-14-20/h3-14,22H,1-2H3.